The highest BCUT2D eigenvalue weighted by atomic mass is 28.5. The lowest BCUT2D eigenvalue weighted by molar-refractivity contribution is 0.250. The van der Waals surface area contributed by atoms with E-state index in [1.54, 1.807) is 0 Å². The van der Waals surface area contributed by atoms with E-state index in [0.717, 1.165) is 19.0 Å². The Bertz CT molecular complexity index is 330. The fourth-order valence-corrected chi connectivity index (χ4v) is 16.9. The van der Waals surface area contributed by atoms with Gasteiger partial charge in [0.25, 0.3) is 0 Å². The molecule has 0 aliphatic rings. The summed E-state index contributed by atoms with van der Waals surface area (Å²) < 4.78 is 19.9. The van der Waals surface area contributed by atoms with Gasteiger partial charge in [-0.15, -0.1) is 0 Å². The van der Waals surface area contributed by atoms with Crippen LogP contribution in [0.3, 0.4) is 0 Å². The first-order chi connectivity index (χ1) is 10.2. The molecular formula is C15H39NO3Si4. The van der Waals surface area contributed by atoms with Crippen LogP contribution in [0.4, 0.5) is 0 Å². The predicted octanol–water partition coefficient (Wildman–Crippen LogP) is 4.99. The molecule has 8 heteroatoms. The molecule has 0 aromatic carbocycles. The summed E-state index contributed by atoms with van der Waals surface area (Å²) in [6.07, 6.45) is 5.01. The van der Waals surface area contributed by atoms with Gasteiger partial charge in [0.05, 0.1) is 0 Å². The van der Waals surface area contributed by atoms with Gasteiger partial charge in [-0.3, -0.25) is 0 Å². The number of hydrogen-bond acceptors (Lipinski definition) is 4. The molecule has 0 aliphatic heterocycles. The van der Waals surface area contributed by atoms with Gasteiger partial charge in [-0.05, 0) is 78.5 Å². The minimum atomic E-state index is -2.64. The average molecular weight is 394 g/mol. The van der Waals surface area contributed by atoms with E-state index in [4.69, 9.17) is 12.3 Å². The Morgan fingerprint density at radius 3 is 1.43 bits per heavy atom. The normalized spacial score (nSPS) is 14.5. The molecule has 1 N–H and O–H groups in total. The van der Waals surface area contributed by atoms with Crippen molar-refractivity contribution in [2.24, 2.45) is 0 Å². The van der Waals surface area contributed by atoms with Crippen molar-refractivity contribution in [2.75, 3.05) is 6.54 Å². The second-order valence-electron chi connectivity index (χ2n) is 8.88. The van der Waals surface area contributed by atoms with Crippen LogP contribution >= 0.6 is 0 Å². The van der Waals surface area contributed by atoms with Crippen molar-refractivity contribution in [3.05, 3.63) is 12.3 Å². The lowest BCUT2D eigenvalue weighted by atomic mass is 10.5. The fourth-order valence-electron chi connectivity index (χ4n) is 2.22. The lowest BCUT2D eigenvalue weighted by Gasteiger charge is -2.43. The zero-order valence-electron chi connectivity index (χ0n) is 17.0. The van der Waals surface area contributed by atoms with Crippen LogP contribution in [0.5, 0.6) is 0 Å². The Hall–Kier alpha value is 0.288. The molecule has 138 valence electrons. The topological polar surface area (TPSA) is 39.7 Å². The largest absolute Gasteiger partial charge is 0.469 e. The van der Waals surface area contributed by atoms with Crippen molar-refractivity contribution in [3.8, 4) is 0 Å². The van der Waals surface area contributed by atoms with Crippen LogP contribution in [0.15, 0.2) is 12.3 Å². The molecule has 23 heavy (non-hydrogen) atoms. The van der Waals surface area contributed by atoms with E-state index in [1.165, 1.54) is 0 Å². The molecule has 0 aliphatic carbocycles. The van der Waals surface area contributed by atoms with E-state index >= 15 is 0 Å². The zero-order chi connectivity index (χ0) is 18.4. The summed E-state index contributed by atoms with van der Waals surface area (Å²) in [5, 5.41) is 3.31. The third kappa shape index (κ3) is 13.3. The molecule has 0 fully saturated rings. The lowest BCUT2D eigenvalue weighted by Crippen LogP contribution is -2.60. The van der Waals surface area contributed by atoms with Gasteiger partial charge < -0.3 is 17.7 Å². The summed E-state index contributed by atoms with van der Waals surface area (Å²) in [5.41, 5.74) is 0. The van der Waals surface area contributed by atoms with E-state index in [0.29, 0.717) is 0 Å². The van der Waals surface area contributed by atoms with Gasteiger partial charge in [0.1, 0.15) is 0 Å². The standard InChI is InChI=1S/C15H39NO3Si4/c1-11-13-16-14-12-15-23(17-20(2,3)4,18-21(5,6)7)19-22(8,9)10/h11,13,16H,12,14-15H2,1-10H3. The van der Waals surface area contributed by atoms with E-state index in [-0.39, 0.29) is 0 Å². The van der Waals surface area contributed by atoms with Gasteiger partial charge in [0, 0.05) is 12.6 Å². The number of rotatable bonds is 11. The van der Waals surface area contributed by atoms with Crippen LogP contribution in [0.2, 0.25) is 65.0 Å². The van der Waals surface area contributed by atoms with Gasteiger partial charge in [-0.2, -0.15) is 0 Å². The Morgan fingerprint density at radius 2 is 1.13 bits per heavy atom. The predicted molar refractivity (Wildman–Crippen MR) is 111 cm³/mol. The molecule has 0 aromatic rings. The molecule has 0 amide bonds. The third-order valence-corrected chi connectivity index (χ3v) is 14.5. The highest BCUT2D eigenvalue weighted by molar-refractivity contribution is 6.90. The first-order valence-corrected chi connectivity index (χ1v) is 20.8. The van der Waals surface area contributed by atoms with Crippen molar-refractivity contribution in [2.45, 2.75) is 78.3 Å². The third-order valence-electron chi connectivity index (χ3n) is 2.47. The summed E-state index contributed by atoms with van der Waals surface area (Å²) in [6.45, 7) is 23.0. The van der Waals surface area contributed by atoms with E-state index < -0.39 is 33.8 Å². The Kier molecular flexibility index (Phi) is 9.23. The van der Waals surface area contributed by atoms with Crippen LogP contribution < -0.4 is 5.32 Å². The monoisotopic (exact) mass is 393 g/mol. The molecule has 0 rings (SSSR count). The first kappa shape index (κ1) is 23.3. The molecule has 0 unspecified atom stereocenters. The van der Waals surface area contributed by atoms with Gasteiger partial charge in [-0.25, -0.2) is 0 Å². The van der Waals surface area contributed by atoms with Crippen molar-refractivity contribution < 1.29 is 12.3 Å². The van der Waals surface area contributed by atoms with E-state index in [2.05, 4.69) is 64.2 Å². The highest BCUT2D eigenvalue weighted by Crippen LogP contribution is 2.29. The Balaban J connectivity index is 5.28. The van der Waals surface area contributed by atoms with Crippen LogP contribution in [-0.2, 0) is 12.3 Å². The van der Waals surface area contributed by atoms with E-state index in [1.807, 2.05) is 19.2 Å². The van der Waals surface area contributed by atoms with Crippen LogP contribution in [0.1, 0.15) is 13.3 Å². The van der Waals surface area contributed by atoms with Crippen molar-refractivity contribution in [1.29, 1.82) is 0 Å². The van der Waals surface area contributed by atoms with Gasteiger partial charge in [0.2, 0.25) is 0 Å². The molecule has 0 saturated carbocycles. The Morgan fingerprint density at radius 1 is 0.739 bits per heavy atom. The van der Waals surface area contributed by atoms with Crippen LogP contribution in [0.25, 0.3) is 0 Å². The Labute approximate surface area is 148 Å². The summed E-state index contributed by atoms with van der Waals surface area (Å²) >= 11 is 0. The molecular weight excluding hydrogens is 355 g/mol. The number of nitrogens with one attached hydrogen (secondary N) is 1. The average Bonchev–Trinajstić information content (AvgIpc) is 2.20. The molecule has 0 saturated heterocycles. The molecule has 0 bridgehead atoms. The minimum absolute atomic E-state index is 0.899. The molecule has 4 nitrogen and oxygen atoms in total. The summed E-state index contributed by atoms with van der Waals surface area (Å²) in [7, 11) is -7.88. The molecule has 0 atom stereocenters. The molecule has 0 aromatic heterocycles. The fraction of sp³-hybridized carbons (Fsp3) is 0.867. The van der Waals surface area contributed by atoms with Gasteiger partial charge >= 0.3 is 8.80 Å². The highest BCUT2D eigenvalue weighted by Gasteiger charge is 2.49. The van der Waals surface area contributed by atoms with Gasteiger partial charge in [-0.1, -0.05) is 6.08 Å². The summed E-state index contributed by atoms with van der Waals surface area (Å²) in [4.78, 5) is 0. The maximum absolute atomic E-state index is 6.64. The smallest absolute Gasteiger partial charge is 0.417 e. The second-order valence-corrected chi connectivity index (χ2v) is 25.9. The zero-order valence-corrected chi connectivity index (χ0v) is 21.0. The van der Waals surface area contributed by atoms with Crippen LogP contribution in [0, 0.1) is 0 Å². The number of hydrogen-bond donors (Lipinski definition) is 1. The maximum Gasteiger partial charge on any atom is 0.469 e. The first-order valence-electron chi connectivity index (χ1n) is 8.63. The van der Waals surface area contributed by atoms with Crippen molar-refractivity contribution in [1.82, 2.24) is 5.32 Å². The molecule has 0 heterocycles. The van der Waals surface area contributed by atoms with Crippen molar-refractivity contribution in [3.63, 3.8) is 0 Å². The van der Waals surface area contributed by atoms with Crippen LogP contribution in [-0.4, -0.2) is 40.3 Å². The maximum atomic E-state index is 6.64. The quantitative estimate of drug-likeness (QED) is 0.396. The molecule has 0 spiro atoms. The SMILES string of the molecule is CC=CNCCC[Si](O[Si](C)(C)C)(O[Si](C)(C)C)O[Si](C)(C)C. The van der Waals surface area contributed by atoms with Crippen molar-refractivity contribution >= 4 is 33.8 Å². The summed E-state index contributed by atoms with van der Waals surface area (Å²) in [5.74, 6) is 0. The van der Waals surface area contributed by atoms with E-state index in [9.17, 15) is 0 Å². The van der Waals surface area contributed by atoms with Gasteiger partial charge in [0.15, 0.2) is 25.0 Å². The number of allylic oxidation sites excluding steroid dienone is 1. The summed E-state index contributed by atoms with van der Waals surface area (Å²) in [6, 6.07) is 0.899. The molecule has 0 radical (unpaired) electrons. The minimum Gasteiger partial charge on any atom is -0.417 e. The second kappa shape index (κ2) is 9.11.